The first-order valence-corrected chi connectivity index (χ1v) is 10.7. The van der Waals surface area contributed by atoms with Crippen LogP contribution in [0.3, 0.4) is 0 Å². The third-order valence-corrected chi connectivity index (χ3v) is 6.89. The summed E-state index contributed by atoms with van der Waals surface area (Å²) in [7, 11) is 1.53. The van der Waals surface area contributed by atoms with Crippen LogP contribution in [0.5, 0.6) is 0 Å². The summed E-state index contributed by atoms with van der Waals surface area (Å²) >= 11 is 0. The third-order valence-electron chi connectivity index (χ3n) is 6.89. The number of fused-ring (bicyclic) bond motifs is 2. The van der Waals surface area contributed by atoms with E-state index in [4.69, 9.17) is 0 Å². The largest absolute Gasteiger partial charge is 0.277 e. The molecule has 0 bridgehead atoms. The van der Waals surface area contributed by atoms with Crippen molar-refractivity contribution < 1.29 is 9.59 Å². The quantitative estimate of drug-likeness (QED) is 0.225. The first-order valence-electron chi connectivity index (χ1n) is 10.7. The minimum atomic E-state index is -0.236. The summed E-state index contributed by atoms with van der Waals surface area (Å²) < 4.78 is 0. The fourth-order valence-electron chi connectivity index (χ4n) is 5.26. The highest BCUT2D eigenvalue weighted by molar-refractivity contribution is 6.26. The van der Waals surface area contributed by atoms with Crippen molar-refractivity contribution in [3.63, 3.8) is 0 Å². The Morgan fingerprint density at radius 2 is 1.12 bits per heavy atom. The van der Waals surface area contributed by atoms with E-state index in [0.29, 0.717) is 11.1 Å². The van der Waals surface area contributed by atoms with Crippen molar-refractivity contribution in [2.24, 2.45) is 0 Å². The lowest BCUT2D eigenvalue weighted by atomic mass is 9.89. The average Bonchev–Trinajstić information content (AvgIpc) is 3.04. The van der Waals surface area contributed by atoms with Gasteiger partial charge in [0, 0.05) is 7.05 Å². The molecule has 0 saturated heterocycles. The molecule has 0 aromatic heterocycles. The molecule has 0 spiro atoms. The predicted molar refractivity (Wildman–Crippen MR) is 130 cm³/mol. The molecule has 2 amide bonds. The molecule has 0 aliphatic carbocycles. The van der Waals surface area contributed by atoms with Gasteiger partial charge in [-0.2, -0.15) is 0 Å². The number of rotatable bonds is 1. The molecule has 1 aliphatic heterocycles. The molecule has 1 heterocycles. The summed E-state index contributed by atoms with van der Waals surface area (Å²) in [6.07, 6.45) is 0. The van der Waals surface area contributed by atoms with Crippen LogP contribution in [-0.2, 0) is 0 Å². The predicted octanol–water partition coefficient (Wildman–Crippen LogP) is 6.63. The smallest absolute Gasteiger partial charge is 0.261 e. The molecular weight excluding hydrogens is 394 g/mol. The number of imide groups is 1. The fourth-order valence-corrected chi connectivity index (χ4v) is 5.26. The highest BCUT2D eigenvalue weighted by Gasteiger charge is 2.32. The van der Waals surface area contributed by atoms with Gasteiger partial charge in [0.1, 0.15) is 0 Å². The van der Waals surface area contributed by atoms with Crippen LogP contribution < -0.4 is 0 Å². The SMILES string of the molecule is CN1C(=O)c2cc3ccc(-c4ccc5ccc6cccc7ccc4c5c67)cc3cc2C1=O. The van der Waals surface area contributed by atoms with Crippen LogP contribution in [0.25, 0.3) is 54.2 Å². The monoisotopic (exact) mass is 411 g/mol. The van der Waals surface area contributed by atoms with Gasteiger partial charge in [-0.1, -0.05) is 66.7 Å². The summed E-state index contributed by atoms with van der Waals surface area (Å²) in [4.78, 5) is 26.0. The number of benzene rings is 6. The normalized spacial score (nSPS) is 13.8. The van der Waals surface area contributed by atoms with E-state index in [1.165, 1.54) is 44.3 Å². The lowest BCUT2D eigenvalue weighted by molar-refractivity contribution is 0.0693. The molecule has 7 rings (SSSR count). The molecule has 0 radical (unpaired) electrons. The highest BCUT2D eigenvalue weighted by atomic mass is 16.2. The summed E-state index contributed by atoms with van der Waals surface area (Å²) in [6.45, 7) is 0. The van der Waals surface area contributed by atoms with Crippen LogP contribution in [-0.4, -0.2) is 23.8 Å². The molecule has 0 fully saturated rings. The maximum Gasteiger partial charge on any atom is 0.261 e. The number of carbonyl (C=O) groups excluding carboxylic acids is 2. The Morgan fingerprint density at radius 3 is 1.88 bits per heavy atom. The highest BCUT2D eigenvalue weighted by Crippen LogP contribution is 2.40. The number of carbonyl (C=O) groups is 2. The van der Waals surface area contributed by atoms with Crippen LogP contribution in [0.15, 0.2) is 84.9 Å². The van der Waals surface area contributed by atoms with Crippen molar-refractivity contribution in [3.05, 3.63) is 96.1 Å². The van der Waals surface area contributed by atoms with Crippen LogP contribution in [0.4, 0.5) is 0 Å². The second kappa shape index (κ2) is 5.92. The van der Waals surface area contributed by atoms with Crippen LogP contribution >= 0.6 is 0 Å². The Balaban J connectivity index is 1.50. The second-order valence-electron chi connectivity index (χ2n) is 8.60. The summed E-state index contributed by atoms with van der Waals surface area (Å²) in [5.41, 5.74) is 3.23. The summed E-state index contributed by atoms with van der Waals surface area (Å²) in [6, 6.07) is 29.6. The molecule has 6 aromatic rings. The van der Waals surface area contributed by atoms with E-state index < -0.39 is 0 Å². The lowest BCUT2D eigenvalue weighted by Gasteiger charge is -2.14. The Labute approximate surface area is 183 Å². The van der Waals surface area contributed by atoms with Crippen molar-refractivity contribution in [2.75, 3.05) is 7.05 Å². The standard InChI is InChI=1S/C29H17NO2/c1-30-28(31)24-14-19-7-8-20(13-21(19)15-25(24)29(30)32)22-11-9-18-6-5-16-3-2-4-17-10-12-23(22)27(18)26(16)17/h2-15H,1H3. The van der Waals surface area contributed by atoms with Gasteiger partial charge in [0.25, 0.3) is 11.8 Å². The number of amides is 2. The molecular formula is C29H17NO2. The Morgan fingerprint density at radius 1 is 0.531 bits per heavy atom. The van der Waals surface area contributed by atoms with Gasteiger partial charge in [-0.05, 0) is 72.4 Å². The maximum absolute atomic E-state index is 12.5. The zero-order chi connectivity index (χ0) is 21.6. The first kappa shape index (κ1) is 17.4. The Kier molecular flexibility index (Phi) is 3.23. The number of hydrogen-bond donors (Lipinski definition) is 0. The fraction of sp³-hybridized carbons (Fsp3) is 0.0345. The molecule has 0 atom stereocenters. The minimum absolute atomic E-state index is 0.234. The molecule has 1 aliphatic rings. The van der Waals surface area contributed by atoms with E-state index in [0.717, 1.165) is 21.9 Å². The number of hydrogen-bond acceptors (Lipinski definition) is 2. The van der Waals surface area contributed by atoms with Crippen molar-refractivity contribution in [2.45, 2.75) is 0 Å². The van der Waals surface area contributed by atoms with Crippen LogP contribution in [0.1, 0.15) is 20.7 Å². The molecule has 0 saturated carbocycles. The van der Waals surface area contributed by atoms with E-state index in [2.05, 4.69) is 66.7 Å². The minimum Gasteiger partial charge on any atom is -0.277 e. The van der Waals surface area contributed by atoms with Crippen molar-refractivity contribution in [3.8, 4) is 11.1 Å². The summed E-state index contributed by atoms with van der Waals surface area (Å²) in [5, 5.41) is 9.46. The van der Waals surface area contributed by atoms with Crippen molar-refractivity contribution in [1.82, 2.24) is 4.90 Å². The lowest BCUT2D eigenvalue weighted by Crippen LogP contribution is -2.24. The van der Waals surface area contributed by atoms with Crippen LogP contribution in [0, 0.1) is 0 Å². The van der Waals surface area contributed by atoms with Gasteiger partial charge in [-0.25, -0.2) is 0 Å². The van der Waals surface area contributed by atoms with Gasteiger partial charge in [0.2, 0.25) is 0 Å². The zero-order valence-electron chi connectivity index (χ0n) is 17.3. The van der Waals surface area contributed by atoms with Crippen molar-refractivity contribution in [1.29, 1.82) is 0 Å². The molecule has 6 aromatic carbocycles. The molecule has 0 unspecified atom stereocenters. The van der Waals surface area contributed by atoms with Gasteiger partial charge < -0.3 is 0 Å². The van der Waals surface area contributed by atoms with Gasteiger partial charge >= 0.3 is 0 Å². The molecule has 0 N–H and O–H groups in total. The maximum atomic E-state index is 12.5. The van der Waals surface area contributed by atoms with Gasteiger partial charge in [0.05, 0.1) is 11.1 Å². The Hall–Kier alpha value is -4.24. The Bertz CT molecular complexity index is 1760. The van der Waals surface area contributed by atoms with Crippen LogP contribution in [0.2, 0.25) is 0 Å². The van der Waals surface area contributed by atoms with E-state index in [1.54, 1.807) is 0 Å². The van der Waals surface area contributed by atoms with E-state index in [-0.39, 0.29) is 11.8 Å². The third kappa shape index (κ3) is 2.15. The first-order chi connectivity index (χ1) is 15.6. The topological polar surface area (TPSA) is 37.4 Å². The number of nitrogens with zero attached hydrogens (tertiary/aromatic N) is 1. The molecule has 150 valence electrons. The van der Waals surface area contributed by atoms with E-state index in [9.17, 15) is 9.59 Å². The van der Waals surface area contributed by atoms with E-state index in [1.807, 2.05) is 18.2 Å². The zero-order valence-corrected chi connectivity index (χ0v) is 17.3. The average molecular weight is 411 g/mol. The van der Waals surface area contributed by atoms with Gasteiger partial charge in [-0.15, -0.1) is 0 Å². The van der Waals surface area contributed by atoms with Crippen molar-refractivity contribution >= 4 is 54.9 Å². The second-order valence-corrected chi connectivity index (χ2v) is 8.60. The van der Waals surface area contributed by atoms with Gasteiger partial charge in [-0.3, -0.25) is 14.5 Å². The molecule has 3 nitrogen and oxygen atoms in total. The van der Waals surface area contributed by atoms with E-state index >= 15 is 0 Å². The van der Waals surface area contributed by atoms with Gasteiger partial charge in [0.15, 0.2) is 0 Å². The molecule has 32 heavy (non-hydrogen) atoms. The summed E-state index contributed by atoms with van der Waals surface area (Å²) in [5.74, 6) is -0.470. The molecule has 3 heteroatoms.